The van der Waals surface area contributed by atoms with Gasteiger partial charge in [-0.3, -0.25) is 21.0 Å². The molecule has 0 spiro atoms. The van der Waals surface area contributed by atoms with Gasteiger partial charge in [0.1, 0.15) is 0 Å². The fraction of sp³-hybridized carbons (Fsp3) is 0.333. The lowest BCUT2D eigenvalue weighted by Crippen LogP contribution is -1.83. The van der Waals surface area contributed by atoms with Crippen LogP contribution in [0, 0.1) is 0 Å². The van der Waals surface area contributed by atoms with Crippen molar-refractivity contribution in [1.29, 1.82) is 0 Å². The molecule has 0 bridgehead atoms. The molecule has 13 heavy (non-hydrogen) atoms. The zero-order chi connectivity index (χ0) is 10.7. The Labute approximate surface area is 77.6 Å². The lowest BCUT2D eigenvalue weighted by Gasteiger charge is -2.01. The fourth-order valence-electron chi connectivity index (χ4n) is 0.838. The first kappa shape index (κ1) is 14.6. The van der Waals surface area contributed by atoms with Gasteiger partial charge < -0.3 is 0 Å². The Hall–Kier alpha value is -0.940. The molecule has 4 heteroatoms. The van der Waals surface area contributed by atoms with Crippen molar-refractivity contribution in [3.63, 3.8) is 0 Å². The largest absolute Gasteiger partial charge is 0.255 e. The first-order valence-corrected chi connectivity index (χ1v) is 3.75. The molecule has 0 atom stereocenters. The van der Waals surface area contributed by atoms with Crippen molar-refractivity contribution in [2.24, 2.45) is 0 Å². The third-order valence-corrected chi connectivity index (χ3v) is 1.47. The van der Waals surface area contributed by atoms with Crippen LogP contribution in [-0.4, -0.2) is 21.0 Å². The number of rotatable bonds is 1. The van der Waals surface area contributed by atoms with Gasteiger partial charge in [-0.2, -0.15) is 0 Å². The Morgan fingerprint density at radius 3 is 1.46 bits per heavy atom. The van der Waals surface area contributed by atoms with Gasteiger partial charge >= 0.3 is 0 Å². The van der Waals surface area contributed by atoms with Crippen LogP contribution >= 0.6 is 0 Å². The highest BCUT2D eigenvalue weighted by atomic mass is 17.0. The van der Waals surface area contributed by atoms with E-state index in [-0.39, 0.29) is 0 Å². The molecule has 0 fully saturated rings. The summed E-state index contributed by atoms with van der Waals surface area (Å²) in [7, 11) is 0. The van der Waals surface area contributed by atoms with Crippen LogP contribution < -0.4 is 0 Å². The topological polar surface area (TPSA) is 80.9 Å². The maximum atomic E-state index is 6.00. The Bertz CT molecular complexity index is 174. The molecule has 1 rings (SSSR count). The summed E-state index contributed by atoms with van der Waals surface area (Å²) < 4.78 is 0. The highest BCUT2D eigenvalue weighted by molar-refractivity contribution is 5.17. The van der Waals surface area contributed by atoms with E-state index in [4.69, 9.17) is 21.0 Å². The Morgan fingerprint density at radius 2 is 1.23 bits per heavy atom. The molecule has 0 aliphatic heterocycles. The van der Waals surface area contributed by atoms with Crippen LogP contribution in [0.5, 0.6) is 0 Å². The molecule has 0 aliphatic rings. The van der Waals surface area contributed by atoms with E-state index in [1.54, 1.807) is 0 Å². The van der Waals surface area contributed by atoms with E-state index < -0.39 is 0 Å². The van der Waals surface area contributed by atoms with Crippen LogP contribution in [0.4, 0.5) is 0 Å². The van der Waals surface area contributed by atoms with Crippen molar-refractivity contribution in [1.82, 2.24) is 0 Å². The highest BCUT2D eigenvalue weighted by Crippen LogP contribution is 2.11. The van der Waals surface area contributed by atoms with Gasteiger partial charge in [0.2, 0.25) is 0 Å². The average Bonchev–Trinajstić information content (AvgIpc) is 2.25. The van der Waals surface area contributed by atoms with Crippen molar-refractivity contribution < 1.29 is 21.0 Å². The van der Waals surface area contributed by atoms with E-state index in [0.717, 1.165) is 0 Å². The van der Waals surface area contributed by atoms with Gasteiger partial charge in [0.15, 0.2) is 0 Å². The summed E-state index contributed by atoms with van der Waals surface area (Å²) in [6.07, 6.45) is 0. The van der Waals surface area contributed by atoms with Gasteiger partial charge in [0, 0.05) is 0 Å². The zero-order valence-corrected chi connectivity index (χ0v) is 7.75. The minimum atomic E-state index is 0.659. The van der Waals surface area contributed by atoms with E-state index in [1.807, 2.05) is 6.07 Å². The van der Waals surface area contributed by atoms with E-state index >= 15 is 0 Å². The van der Waals surface area contributed by atoms with E-state index in [9.17, 15) is 0 Å². The minimum absolute atomic E-state index is 0.659. The summed E-state index contributed by atoms with van der Waals surface area (Å²) in [5.41, 5.74) is 1.41. The molecule has 76 valence electrons. The third-order valence-electron chi connectivity index (χ3n) is 1.47. The van der Waals surface area contributed by atoms with Crippen LogP contribution in [0.2, 0.25) is 0 Å². The molecule has 0 unspecified atom stereocenters. The van der Waals surface area contributed by atoms with Crippen LogP contribution in [-0.2, 0) is 0 Å². The summed E-state index contributed by atoms with van der Waals surface area (Å²) in [6, 6.07) is 10.5. The fourth-order valence-corrected chi connectivity index (χ4v) is 0.838. The third kappa shape index (κ3) is 7.42. The predicted octanol–water partition coefficient (Wildman–Crippen LogP) is 2.84. The predicted molar refractivity (Wildman–Crippen MR) is 51.0 cm³/mol. The highest BCUT2D eigenvalue weighted by Gasteiger charge is 1.93. The second-order valence-electron chi connectivity index (χ2n) is 2.57. The molecule has 0 aliphatic carbocycles. The van der Waals surface area contributed by atoms with Crippen LogP contribution in [0.25, 0.3) is 0 Å². The van der Waals surface area contributed by atoms with Crippen molar-refractivity contribution in [2.75, 3.05) is 0 Å². The molecule has 0 saturated heterocycles. The summed E-state index contributed by atoms with van der Waals surface area (Å²) in [5, 5.41) is 24.0. The molecular formula is C9H16O4. The normalized spacial score (nSPS) is 7.92. The molecule has 1 aromatic carbocycles. The van der Waals surface area contributed by atoms with Gasteiger partial charge in [-0.05, 0) is 11.5 Å². The van der Waals surface area contributed by atoms with Crippen LogP contribution in [0.3, 0.4) is 0 Å². The molecule has 4 nitrogen and oxygen atoms in total. The van der Waals surface area contributed by atoms with E-state index in [1.165, 1.54) is 5.56 Å². The molecular weight excluding hydrogens is 172 g/mol. The van der Waals surface area contributed by atoms with E-state index in [0.29, 0.717) is 5.92 Å². The summed E-state index contributed by atoms with van der Waals surface area (Å²) >= 11 is 0. The molecule has 4 N–H and O–H groups in total. The zero-order valence-electron chi connectivity index (χ0n) is 7.75. The lowest BCUT2D eigenvalue weighted by atomic mass is 10.0. The summed E-state index contributed by atoms with van der Waals surface area (Å²) in [5.74, 6) is 0.659. The maximum absolute atomic E-state index is 6.00. The Morgan fingerprint density at radius 1 is 0.846 bits per heavy atom. The molecule has 0 radical (unpaired) electrons. The smallest absolute Gasteiger partial charge is 0.0219 e. The SMILES string of the molecule is CC(C)c1ccccc1.OO.OO. The number of hydrogen-bond donors (Lipinski definition) is 4. The monoisotopic (exact) mass is 188 g/mol. The summed E-state index contributed by atoms with van der Waals surface area (Å²) in [6.45, 7) is 4.41. The van der Waals surface area contributed by atoms with E-state index in [2.05, 4.69) is 38.1 Å². The molecule has 0 amide bonds. The average molecular weight is 188 g/mol. The van der Waals surface area contributed by atoms with Gasteiger partial charge in [0.05, 0.1) is 0 Å². The van der Waals surface area contributed by atoms with Crippen molar-refractivity contribution in [3.05, 3.63) is 35.9 Å². The first-order valence-electron chi connectivity index (χ1n) is 3.75. The van der Waals surface area contributed by atoms with Crippen molar-refractivity contribution in [2.45, 2.75) is 19.8 Å². The van der Waals surface area contributed by atoms with Gasteiger partial charge in [0.25, 0.3) is 0 Å². The standard InChI is InChI=1S/C9H12.2H2O2/c1-8(2)9-6-4-3-5-7-9;2*1-2/h3-8H,1-2H3;2*1-2H. The van der Waals surface area contributed by atoms with Crippen LogP contribution in [0.15, 0.2) is 30.3 Å². The number of hydrogen-bond acceptors (Lipinski definition) is 4. The quantitative estimate of drug-likeness (QED) is 0.403. The van der Waals surface area contributed by atoms with Crippen LogP contribution in [0.1, 0.15) is 25.3 Å². The second-order valence-corrected chi connectivity index (χ2v) is 2.57. The minimum Gasteiger partial charge on any atom is -0.255 e. The number of benzene rings is 1. The molecule has 0 aromatic heterocycles. The summed E-state index contributed by atoms with van der Waals surface area (Å²) in [4.78, 5) is 0. The lowest BCUT2D eigenvalue weighted by molar-refractivity contribution is -0.176. The Balaban J connectivity index is 0. The van der Waals surface area contributed by atoms with Gasteiger partial charge in [-0.15, -0.1) is 0 Å². The molecule has 1 aromatic rings. The van der Waals surface area contributed by atoms with Gasteiger partial charge in [-0.1, -0.05) is 44.2 Å². The van der Waals surface area contributed by atoms with Crippen molar-refractivity contribution >= 4 is 0 Å². The Kier molecular flexibility index (Phi) is 12.4. The van der Waals surface area contributed by atoms with Crippen molar-refractivity contribution in [3.8, 4) is 0 Å². The first-order chi connectivity index (χ1) is 6.30. The maximum Gasteiger partial charge on any atom is -0.0219 e. The second kappa shape index (κ2) is 11.1. The molecule has 0 heterocycles. The molecule has 0 saturated carbocycles. The van der Waals surface area contributed by atoms with Gasteiger partial charge in [-0.25, -0.2) is 0 Å².